The lowest BCUT2D eigenvalue weighted by atomic mass is 10.00. The first-order chi connectivity index (χ1) is 10.5. The van der Waals surface area contributed by atoms with E-state index in [1.54, 1.807) is 6.07 Å². The molecule has 1 saturated heterocycles. The van der Waals surface area contributed by atoms with Gasteiger partial charge in [0, 0.05) is 18.5 Å². The maximum absolute atomic E-state index is 11.8. The Labute approximate surface area is 131 Å². The number of aldehydes is 1. The summed E-state index contributed by atoms with van der Waals surface area (Å²) in [5.41, 5.74) is 2.59. The number of hydrogen-bond acceptors (Lipinski definition) is 4. The highest BCUT2D eigenvalue weighted by Gasteiger charge is 2.30. The second kappa shape index (κ2) is 8.44. The Kier molecular flexibility index (Phi) is 6.92. The molecule has 0 bridgehead atoms. The van der Waals surface area contributed by atoms with Crippen molar-refractivity contribution in [1.82, 2.24) is 10.2 Å². The lowest BCUT2D eigenvalue weighted by Gasteiger charge is -2.30. The quantitative estimate of drug-likeness (QED) is 0.683. The SMILES string of the molecule is CC.Cc1cccc(C=O)c1CN(C)C1CCC(=O)NC1=O. The zero-order valence-electron chi connectivity index (χ0n) is 13.7. The van der Waals surface area contributed by atoms with Crippen LogP contribution in [0.3, 0.4) is 0 Å². The number of imide groups is 1. The number of aryl methyl sites for hydroxylation is 1. The van der Waals surface area contributed by atoms with Gasteiger partial charge in [0.25, 0.3) is 0 Å². The number of benzene rings is 1. The molecule has 1 atom stereocenters. The predicted octanol–water partition coefficient (Wildman–Crippen LogP) is 2.07. The zero-order valence-corrected chi connectivity index (χ0v) is 13.7. The van der Waals surface area contributed by atoms with Gasteiger partial charge in [-0.25, -0.2) is 0 Å². The monoisotopic (exact) mass is 304 g/mol. The molecule has 0 aliphatic carbocycles. The Morgan fingerprint density at radius 2 is 2.00 bits per heavy atom. The molecule has 0 radical (unpaired) electrons. The number of hydrogen-bond donors (Lipinski definition) is 1. The van der Waals surface area contributed by atoms with Crippen LogP contribution in [0.5, 0.6) is 0 Å². The second-order valence-electron chi connectivity index (χ2n) is 5.14. The van der Waals surface area contributed by atoms with Crippen LogP contribution in [0.4, 0.5) is 0 Å². The van der Waals surface area contributed by atoms with E-state index in [-0.39, 0.29) is 17.9 Å². The summed E-state index contributed by atoms with van der Waals surface area (Å²) in [7, 11) is 1.83. The molecule has 2 rings (SSSR count). The molecule has 1 heterocycles. The van der Waals surface area contributed by atoms with Crippen LogP contribution < -0.4 is 5.32 Å². The minimum atomic E-state index is -0.327. The summed E-state index contributed by atoms with van der Waals surface area (Å²) < 4.78 is 0. The van der Waals surface area contributed by atoms with Crippen molar-refractivity contribution in [2.24, 2.45) is 0 Å². The molecule has 2 amide bonds. The number of rotatable bonds is 4. The highest BCUT2D eigenvalue weighted by Crippen LogP contribution is 2.18. The van der Waals surface area contributed by atoms with Gasteiger partial charge in [-0.1, -0.05) is 32.0 Å². The second-order valence-corrected chi connectivity index (χ2v) is 5.14. The first-order valence-electron chi connectivity index (χ1n) is 7.60. The van der Waals surface area contributed by atoms with Gasteiger partial charge in [-0.3, -0.25) is 24.6 Å². The van der Waals surface area contributed by atoms with E-state index in [9.17, 15) is 14.4 Å². The normalized spacial score (nSPS) is 17.6. The van der Waals surface area contributed by atoms with Gasteiger partial charge in [-0.2, -0.15) is 0 Å². The van der Waals surface area contributed by atoms with Crippen molar-refractivity contribution >= 4 is 18.1 Å². The summed E-state index contributed by atoms with van der Waals surface area (Å²) in [5, 5.41) is 2.35. The van der Waals surface area contributed by atoms with E-state index in [2.05, 4.69) is 5.32 Å². The molecule has 0 aromatic heterocycles. The van der Waals surface area contributed by atoms with Crippen molar-refractivity contribution < 1.29 is 14.4 Å². The molecule has 1 aliphatic heterocycles. The first-order valence-corrected chi connectivity index (χ1v) is 7.60. The van der Waals surface area contributed by atoms with Gasteiger partial charge < -0.3 is 0 Å². The third-order valence-electron chi connectivity index (χ3n) is 3.72. The average molecular weight is 304 g/mol. The van der Waals surface area contributed by atoms with Crippen LogP contribution in [0, 0.1) is 6.92 Å². The lowest BCUT2D eigenvalue weighted by Crippen LogP contribution is -2.51. The fraction of sp³-hybridized carbons (Fsp3) is 0.471. The minimum absolute atomic E-state index is 0.218. The van der Waals surface area contributed by atoms with Gasteiger partial charge in [0.15, 0.2) is 0 Å². The van der Waals surface area contributed by atoms with Gasteiger partial charge in [-0.15, -0.1) is 0 Å². The van der Waals surface area contributed by atoms with E-state index >= 15 is 0 Å². The topological polar surface area (TPSA) is 66.5 Å². The summed E-state index contributed by atoms with van der Waals surface area (Å²) in [6.07, 6.45) is 1.71. The highest BCUT2D eigenvalue weighted by molar-refractivity contribution is 6.00. The van der Waals surface area contributed by atoms with Crippen LogP contribution in [0.25, 0.3) is 0 Å². The van der Waals surface area contributed by atoms with Gasteiger partial charge in [0.1, 0.15) is 6.29 Å². The lowest BCUT2D eigenvalue weighted by molar-refractivity contribution is -0.137. The van der Waals surface area contributed by atoms with E-state index in [1.165, 1.54) is 0 Å². The highest BCUT2D eigenvalue weighted by atomic mass is 16.2. The Morgan fingerprint density at radius 3 is 2.59 bits per heavy atom. The number of likely N-dealkylation sites (N-methyl/N-ethyl adjacent to an activating group) is 1. The minimum Gasteiger partial charge on any atom is -0.298 e. The third kappa shape index (κ3) is 4.24. The van der Waals surface area contributed by atoms with Crippen LogP contribution in [0.1, 0.15) is 48.2 Å². The standard InChI is InChI=1S/C15H18N2O3.C2H6/c1-10-4-3-5-11(9-18)12(10)8-17(2)13-6-7-14(19)16-15(13)20;1-2/h3-5,9,13H,6-8H2,1-2H3,(H,16,19,20);1-2H3. The van der Waals surface area contributed by atoms with Crippen LogP contribution in [0.15, 0.2) is 18.2 Å². The molecule has 22 heavy (non-hydrogen) atoms. The van der Waals surface area contributed by atoms with Gasteiger partial charge in [0.05, 0.1) is 6.04 Å². The molecule has 1 fully saturated rings. The summed E-state index contributed by atoms with van der Waals surface area (Å²) in [6, 6.07) is 5.23. The molecule has 0 spiro atoms. The Morgan fingerprint density at radius 1 is 1.32 bits per heavy atom. The fourth-order valence-electron chi connectivity index (χ4n) is 2.51. The Hall–Kier alpha value is -2.01. The number of nitrogens with one attached hydrogen (secondary N) is 1. The van der Waals surface area contributed by atoms with Crippen molar-refractivity contribution in [3.8, 4) is 0 Å². The molecule has 1 N–H and O–H groups in total. The Balaban J connectivity index is 0.00000116. The summed E-state index contributed by atoms with van der Waals surface area (Å²) in [5.74, 6) is -0.478. The zero-order chi connectivity index (χ0) is 16.7. The van der Waals surface area contributed by atoms with Crippen LogP contribution in [-0.4, -0.2) is 36.1 Å². The van der Waals surface area contributed by atoms with Crippen LogP contribution in [0.2, 0.25) is 0 Å². The van der Waals surface area contributed by atoms with Crippen molar-refractivity contribution in [3.05, 3.63) is 34.9 Å². The van der Waals surface area contributed by atoms with E-state index in [4.69, 9.17) is 0 Å². The van der Waals surface area contributed by atoms with Crippen LogP contribution >= 0.6 is 0 Å². The molecule has 1 unspecified atom stereocenters. The van der Waals surface area contributed by atoms with Crippen molar-refractivity contribution in [1.29, 1.82) is 0 Å². The maximum Gasteiger partial charge on any atom is 0.243 e. The summed E-state index contributed by atoms with van der Waals surface area (Å²) in [4.78, 5) is 36.0. The van der Waals surface area contributed by atoms with Crippen molar-refractivity contribution in [2.45, 2.75) is 46.2 Å². The number of carbonyl (C=O) groups excluding carboxylic acids is 3. The molecule has 0 saturated carbocycles. The van der Waals surface area contributed by atoms with E-state index < -0.39 is 0 Å². The van der Waals surface area contributed by atoms with E-state index in [1.807, 2.05) is 44.9 Å². The van der Waals surface area contributed by atoms with Gasteiger partial charge in [0.2, 0.25) is 11.8 Å². The maximum atomic E-state index is 11.8. The smallest absolute Gasteiger partial charge is 0.243 e. The number of amides is 2. The molecule has 1 aromatic carbocycles. The largest absolute Gasteiger partial charge is 0.298 e. The molecule has 5 nitrogen and oxygen atoms in total. The average Bonchev–Trinajstić information content (AvgIpc) is 2.51. The molecular weight excluding hydrogens is 280 g/mol. The third-order valence-corrected chi connectivity index (χ3v) is 3.72. The van der Waals surface area contributed by atoms with Crippen LogP contribution in [-0.2, 0) is 16.1 Å². The molecule has 120 valence electrons. The summed E-state index contributed by atoms with van der Waals surface area (Å²) >= 11 is 0. The van der Waals surface area contributed by atoms with Crippen molar-refractivity contribution in [2.75, 3.05) is 7.05 Å². The molecular formula is C17H24N2O3. The predicted molar refractivity (Wildman–Crippen MR) is 85.6 cm³/mol. The van der Waals surface area contributed by atoms with E-state index in [0.29, 0.717) is 24.9 Å². The van der Waals surface area contributed by atoms with E-state index in [0.717, 1.165) is 17.4 Å². The van der Waals surface area contributed by atoms with Gasteiger partial charge >= 0.3 is 0 Å². The Bertz CT molecular complexity index is 555. The first kappa shape index (κ1) is 18.0. The number of piperidine rings is 1. The summed E-state index contributed by atoms with van der Waals surface area (Å²) in [6.45, 7) is 6.45. The molecule has 1 aromatic rings. The molecule has 5 heteroatoms. The number of nitrogens with zero attached hydrogens (tertiary/aromatic N) is 1. The number of carbonyl (C=O) groups is 3. The van der Waals surface area contributed by atoms with Crippen molar-refractivity contribution in [3.63, 3.8) is 0 Å². The molecule has 1 aliphatic rings. The van der Waals surface area contributed by atoms with Gasteiger partial charge in [-0.05, 0) is 31.5 Å². The fourth-order valence-corrected chi connectivity index (χ4v) is 2.51.